The van der Waals surface area contributed by atoms with Gasteiger partial charge in [0.15, 0.2) is 0 Å². The summed E-state index contributed by atoms with van der Waals surface area (Å²) in [6.07, 6.45) is 8.86. The Morgan fingerprint density at radius 2 is 2.05 bits per heavy atom. The highest BCUT2D eigenvalue weighted by atomic mass is 32.1. The molecule has 2 atom stereocenters. The molecule has 120 valence electrons. The van der Waals surface area contributed by atoms with Crippen molar-refractivity contribution in [3.05, 3.63) is 5.82 Å². The molecule has 4 aliphatic carbocycles. The number of carbonyl (C=O) groups excluding carboxylic acids is 1. The molecule has 22 heavy (non-hydrogen) atoms. The summed E-state index contributed by atoms with van der Waals surface area (Å²) in [6.45, 7) is 4.16. The number of amides is 2. The SMILES string of the molecule is CCC12CC3CC(C1)CC(NC(=O)Nc1nc(C)ns1)(C3)C2. The molecule has 2 N–H and O–H groups in total. The normalized spacial score (nSPS) is 39.0. The molecule has 5 rings (SSSR count). The van der Waals surface area contributed by atoms with Gasteiger partial charge in [0.05, 0.1) is 0 Å². The number of nitrogens with one attached hydrogen (secondary N) is 2. The molecule has 0 spiro atoms. The highest BCUT2D eigenvalue weighted by Crippen LogP contribution is 2.62. The largest absolute Gasteiger partial charge is 0.332 e. The molecule has 1 aromatic heterocycles. The van der Waals surface area contributed by atoms with Gasteiger partial charge in [0.25, 0.3) is 0 Å². The molecule has 0 saturated heterocycles. The lowest BCUT2D eigenvalue weighted by molar-refractivity contribution is -0.0779. The van der Waals surface area contributed by atoms with Gasteiger partial charge in [-0.15, -0.1) is 0 Å². The Balaban J connectivity index is 1.49. The standard InChI is InChI=1S/C16H24N4OS/c1-3-15-5-11-4-12(6-15)8-16(7-11,9-15)19-13(21)18-14-17-10(2)20-22-14/h11-12H,3-9H2,1-2H3,(H2,17,18,19,20,21). The molecule has 4 bridgehead atoms. The molecule has 2 unspecified atom stereocenters. The van der Waals surface area contributed by atoms with Gasteiger partial charge in [-0.2, -0.15) is 4.37 Å². The third-order valence-electron chi connectivity index (χ3n) is 6.06. The van der Waals surface area contributed by atoms with Gasteiger partial charge in [0.2, 0.25) is 5.13 Å². The first-order valence-corrected chi connectivity index (χ1v) is 9.17. The van der Waals surface area contributed by atoms with Crippen molar-refractivity contribution in [1.29, 1.82) is 0 Å². The van der Waals surface area contributed by atoms with Crippen molar-refractivity contribution in [3.8, 4) is 0 Å². The molecule has 0 radical (unpaired) electrons. The summed E-state index contributed by atoms with van der Waals surface area (Å²) in [5, 5.41) is 6.78. The highest BCUT2D eigenvalue weighted by molar-refractivity contribution is 7.09. The first kappa shape index (κ1) is 14.4. The molecule has 0 aromatic carbocycles. The summed E-state index contributed by atoms with van der Waals surface area (Å²) in [4.78, 5) is 16.6. The summed E-state index contributed by atoms with van der Waals surface area (Å²) < 4.78 is 4.11. The van der Waals surface area contributed by atoms with Crippen LogP contribution in [0.15, 0.2) is 0 Å². The van der Waals surface area contributed by atoms with Gasteiger partial charge in [-0.25, -0.2) is 9.78 Å². The van der Waals surface area contributed by atoms with Crippen LogP contribution in [0.3, 0.4) is 0 Å². The molecule has 6 heteroatoms. The lowest BCUT2D eigenvalue weighted by atomic mass is 9.46. The first-order valence-electron chi connectivity index (χ1n) is 8.39. The zero-order chi connectivity index (χ0) is 15.4. The third-order valence-corrected chi connectivity index (χ3v) is 6.78. The van der Waals surface area contributed by atoms with Crippen molar-refractivity contribution in [3.63, 3.8) is 0 Å². The average molecular weight is 320 g/mol. The highest BCUT2D eigenvalue weighted by Gasteiger charge is 2.57. The molecule has 2 amide bonds. The molecular weight excluding hydrogens is 296 g/mol. The summed E-state index contributed by atoms with van der Waals surface area (Å²) in [5.74, 6) is 2.33. The zero-order valence-corrected chi connectivity index (χ0v) is 14.1. The van der Waals surface area contributed by atoms with E-state index in [1.807, 2.05) is 6.92 Å². The van der Waals surface area contributed by atoms with Crippen LogP contribution in [0.25, 0.3) is 0 Å². The van der Waals surface area contributed by atoms with Crippen LogP contribution < -0.4 is 10.6 Å². The van der Waals surface area contributed by atoms with Crippen LogP contribution in [0, 0.1) is 24.2 Å². The van der Waals surface area contributed by atoms with Crippen LogP contribution in [-0.2, 0) is 0 Å². The van der Waals surface area contributed by atoms with E-state index in [4.69, 9.17) is 0 Å². The molecule has 4 saturated carbocycles. The Morgan fingerprint density at radius 3 is 2.64 bits per heavy atom. The van der Waals surface area contributed by atoms with Crippen molar-refractivity contribution in [2.24, 2.45) is 17.3 Å². The van der Waals surface area contributed by atoms with E-state index in [0.717, 1.165) is 31.1 Å². The van der Waals surface area contributed by atoms with Gasteiger partial charge in [-0.3, -0.25) is 5.32 Å². The second kappa shape index (κ2) is 4.91. The molecule has 4 fully saturated rings. The number of aromatic nitrogens is 2. The Kier molecular flexibility index (Phi) is 3.22. The van der Waals surface area contributed by atoms with Crippen molar-refractivity contribution < 1.29 is 4.79 Å². The first-order chi connectivity index (χ1) is 10.5. The number of anilines is 1. The van der Waals surface area contributed by atoms with Crippen molar-refractivity contribution in [2.75, 3.05) is 5.32 Å². The Hall–Kier alpha value is -1.17. The number of aryl methyl sites for hydroxylation is 1. The van der Waals surface area contributed by atoms with Gasteiger partial charge >= 0.3 is 6.03 Å². The third kappa shape index (κ3) is 2.41. The van der Waals surface area contributed by atoms with E-state index < -0.39 is 0 Å². The van der Waals surface area contributed by atoms with Crippen molar-refractivity contribution in [2.45, 2.75) is 64.3 Å². The predicted molar refractivity (Wildman–Crippen MR) is 86.9 cm³/mol. The maximum Gasteiger partial charge on any atom is 0.321 e. The Bertz CT molecular complexity index is 585. The second-order valence-corrected chi connectivity index (χ2v) is 8.57. The molecule has 0 aliphatic heterocycles. The maximum absolute atomic E-state index is 12.4. The van der Waals surface area contributed by atoms with Crippen molar-refractivity contribution >= 4 is 22.7 Å². The van der Waals surface area contributed by atoms with Crippen LogP contribution in [0.5, 0.6) is 0 Å². The van der Waals surface area contributed by atoms with Gasteiger partial charge < -0.3 is 5.32 Å². The molecule has 1 aromatic rings. The number of nitrogens with zero attached hydrogens (tertiary/aromatic N) is 2. The van der Waals surface area contributed by atoms with E-state index in [2.05, 4.69) is 26.9 Å². The summed E-state index contributed by atoms with van der Waals surface area (Å²) >= 11 is 1.24. The van der Waals surface area contributed by atoms with Gasteiger partial charge in [-0.1, -0.05) is 13.3 Å². The lowest BCUT2D eigenvalue weighted by Crippen LogP contribution is -2.63. The van der Waals surface area contributed by atoms with Crippen molar-refractivity contribution in [1.82, 2.24) is 14.7 Å². The number of carbonyl (C=O) groups is 1. The lowest BCUT2D eigenvalue weighted by Gasteiger charge is -2.62. The van der Waals surface area contributed by atoms with E-state index in [0.29, 0.717) is 16.4 Å². The number of rotatable bonds is 3. The van der Waals surface area contributed by atoms with Crippen LogP contribution in [0.2, 0.25) is 0 Å². The van der Waals surface area contributed by atoms with E-state index in [1.54, 1.807) is 0 Å². The summed E-state index contributed by atoms with van der Waals surface area (Å²) in [6, 6.07) is -0.107. The van der Waals surface area contributed by atoms with E-state index >= 15 is 0 Å². The monoisotopic (exact) mass is 320 g/mol. The minimum absolute atomic E-state index is 0.0178. The fraction of sp³-hybridized carbons (Fsp3) is 0.812. The zero-order valence-electron chi connectivity index (χ0n) is 13.3. The fourth-order valence-corrected chi connectivity index (χ4v) is 6.30. The topological polar surface area (TPSA) is 66.9 Å². The maximum atomic E-state index is 12.4. The van der Waals surface area contributed by atoms with E-state index in [1.165, 1.54) is 37.2 Å². The van der Waals surface area contributed by atoms with E-state index in [-0.39, 0.29) is 11.6 Å². The van der Waals surface area contributed by atoms with Crippen LogP contribution in [-0.4, -0.2) is 20.9 Å². The molecule has 1 heterocycles. The van der Waals surface area contributed by atoms with Gasteiger partial charge in [-0.05, 0) is 62.7 Å². The van der Waals surface area contributed by atoms with Crippen LogP contribution >= 0.6 is 11.5 Å². The quantitative estimate of drug-likeness (QED) is 0.892. The number of hydrogen-bond acceptors (Lipinski definition) is 4. The Morgan fingerprint density at radius 1 is 1.32 bits per heavy atom. The average Bonchev–Trinajstić information content (AvgIpc) is 2.81. The molecule has 5 nitrogen and oxygen atoms in total. The van der Waals surface area contributed by atoms with Crippen LogP contribution in [0.4, 0.5) is 9.93 Å². The summed E-state index contributed by atoms with van der Waals surface area (Å²) in [7, 11) is 0. The smallest absolute Gasteiger partial charge is 0.321 e. The minimum atomic E-state index is -0.107. The molecular formula is C16H24N4OS. The predicted octanol–water partition coefficient (Wildman–Crippen LogP) is 3.72. The summed E-state index contributed by atoms with van der Waals surface area (Å²) in [5.41, 5.74) is 0.501. The number of hydrogen-bond donors (Lipinski definition) is 2. The van der Waals surface area contributed by atoms with Gasteiger partial charge in [0, 0.05) is 17.1 Å². The fourth-order valence-electron chi connectivity index (χ4n) is 5.73. The minimum Gasteiger partial charge on any atom is -0.332 e. The van der Waals surface area contributed by atoms with Crippen LogP contribution in [0.1, 0.15) is 57.7 Å². The number of urea groups is 1. The molecule has 4 aliphatic rings. The Labute approximate surface area is 135 Å². The second-order valence-electron chi connectivity index (χ2n) is 7.82. The van der Waals surface area contributed by atoms with Gasteiger partial charge in [0.1, 0.15) is 5.82 Å². The van der Waals surface area contributed by atoms with E-state index in [9.17, 15) is 4.79 Å².